The van der Waals surface area contributed by atoms with Crippen LogP contribution < -0.4 is 5.32 Å². The van der Waals surface area contributed by atoms with Crippen molar-refractivity contribution in [1.29, 1.82) is 0 Å². The second-order valence-electron chi connectivity index (χ2n) is 7.68. The number of alkyl halides is 3. The number of benzene rings is 1. The predicted molar refractivity (Wildman–Crippen MR) is 102 cm³/mol. The van der Waals surface area contributed by atoms with Gasteiger partial charge in [-0.15, -0.1) is 11.3 Å². The molecule has 5 nitrogen and oxygen atoms in total. The molecule has 1 aliphatic carbocycles. The molecule has 1 saturated carbocycles. The summed E-state index contributed by atoms with van der Waals surface area (Å²) in [6.45, 7) is 0.663. The summed E-state index contributed by atoms with van der Waals surface area (Å²) in [7, 11) is 1.75. The summed E-state index contributed by atoms with van der Waals surface area (Å²) in [6.07, 6.45) is -2.22. The number of hydrogen-bond acceptors (Lipinski definition) is 4. The molecule has 2 amide bonds. The fourth-order valence-electron chi connectivity index (χ4n) is 4.20. The number of piperidine rings is 1. The highest BCUT2D eigenvalue weighted by atomic mass is 32.1. The molecule has 9 heteroatoms. The maximum atomic E-state index is 12.9. The van der Waals surface area contributed by atoms with Gasteiger partial charge in [-0.1, -0.05) is 12.1 Å². The molecule has 1 aromatic heterocycles. The molecule has 4 rings (SSSR count). The van der Waals surface area contributed by atoms with E-state index in [1.807, 2.05) is 0 Å². The third-order valence-electron chi connectivity index (χ3n) is 5.88. The number of hydrogen-bond donors (Lipinski definition) is 1. The topological polar surface area (TPSA) is 62.3 Å². The van der Waals surface area contributed by atoms with Crippen LogP contribution in [0.4, 0.5) is 13.2 Å². The van der Waals surface area contributed by atoms with Crippen LogP contribution in [0, 0.1) is 11.8 Å². The molecular formula is C20H20F3N3O2S. The number of amides is 2. The molecule has 1 aromatic carbocycles. The van der Waals surface area contributed by atoms with Crippen molar-refractivity contribution in [3.05, 3.63) is 40.9 Å². The van der Waals surface area contributed by atoms with Crippen LogP contribution in [0.1, 0.15) is 35.3 Å². The molecule has 0 spiro atoms. The zero-order chi connectivity index (χ0) is 20.8. The van der Waals surface area contributed by atoms with Crippen LogP contribution in [0.3, 0.4) is 0 Å². The van der Waals surface area contributed by atoms with Gasteiger partial charge in [0.1, 0.15) is 10.7 Å². The van der Waals surface area contributed by atoms with E-state index in [4.69, 9.17) is 0 Å². The Morgan fingerprint density at radius 3 is 2.59 bits per heavy atom. The predicted octanol–water partition coefficient (Wildman–Crippen LogP) is 3.82. The van der Waals surface area contributed by atoms with Crippen molar-refractivity contribution >= 4 is 23.2 Å². The smallest absolute Gasteiger partial charge is 0.356 e. The molecule has 2 aliphatic rings. The normalized spacial score (nSPS) is 24.1. The Kier molecular flexibility index (Phi) is 5.10. The Morgan fingerprint density at radius 1 is 1.21 bits per heavy atom. The number of nitrogens with one attached hydrogen (secondary N) is 1. The number of fused-ring (bicyclic) bond motifs is 1. The number of thiazole rings is 1. The summed E-state index contributed by atoms with van der Waals surface area (Å²) in [5.41, 5.74) is 0.113. The van der Waals surface area contributed by atoms with Gasteiger partial charge >= 0.3 is 6.18 Å². The van der Waals surface area contributed by atoms with E-state index >= 15 is 0 Å². The maximum absolute atomic E-state index is 12.9. The van der Waals surface area contributed by atoms with E-state index in [9.17, 15) is 22.8 Å². The molecule has 154 valence electrons. The van der Waals surface area contributed by atoms with E-state index in [-0.39, 0.29) is 23.6 Å². The van der Waals surface area contributed by atoms with Crippen molar-refractivity contribution in [2.24, 2.45) is 11.8 Å². The number of halogens is 3. The van der Waals surface area contributed by atoms with E-state index in [1.165, 1.54) is 23.5 Å². The van der Waals surface area contributed by atoms with Gasteiger partial charge in [0, 0.05) is 37.0 Å². The maximum Gasteiger partial charge on any atom is 0.416 e. The highest BCUT2D eigenvalue weighted by molar-refractivity contribution is 7.13. The van der Waals surface area contributed by atoms with Gasteiger partial charge in [0.15, 0.2) is 0 Å². The van der Waals surface area contributed by atoms with Gasteiger partial charge in [-0.3, -0.25) is 9.59 Å². The molecule has 1 aliphatic heterocycles. The van der Waals surface area contributed by atoms with Crippen LogP contribution in [-0.2, 0) is 11.0 Å². The van der Waals surface area contributed by atoms with Crippen molar-refractivity contribution in [1.82, 2.24) is 15.2 Å². The molecule has 29 heavy (non-hydrogen) atoms. The molecule has 3 atom stereocenters. The van der Waals surface area contributed by atoms with Gasteiger partial charge in [-0.25, -0.2) is 4.98 Å². The van der Waals surface area contributed by atoms with Crippen molar-refractivity contribution in [2.45, 2.75) is 31.5 Å². The molecule has 0 radical (unpaired) electrons. The minimum atomic E-state index is -4.39. The first-order valence-electron chi connectivity index (χ1n) is 9.39. The van der Waals surface area contributed by atoms with Gasteiger partial charge in [0.25, 0.3) is 5.91 Å². The largest absolute Gasteiger partial charge is 0.416 e. The lowest BCUT2D eigenvalue weighted by Crippen LogP contribution is -2.38. The van der Waals surface area contributed by atoms with E-state index in [2.05, 4.69) is 10.3 Å². The second kappa shape index (κ2) is 7.44. The van der Waals surface area contributed by atoms with Crippen molar-refractivity contribution in [3.8, 4) is 10.6 Å². The highest BCUT2D eigenvalue weighted by Crippen LogP contribution is 2.38. The van der Waals surface area contributed by atoms with Crippen LogP contribution >= 0.6 is 11.3 Å². The zero-order valence-corrected chi connectivity index (χ0v) is 16.5. The summed E-state index contributed by atoms with van der Waals surface area (Å²) < 4.78 is 38.1. The lowest BCUT2D eigenvalue weighted by atomic mass is 9.89. The van der Waals surface area contributed by atoms with Gasteiger partial charge in [0.05, 0.1) is 5.56 Å². The van der Waals surface area contributed by atoms with Crippen molar-refractivity contribution in [3.63, 3.8) is 0 Å². The minimum Gasteiger partial charge on any atom is -0.356 e. The molecule has 0 bridgehead atoms. The third-order valence-corrected chi connectivity index (χ3v) is 6.77. The van der Waals surface area contributed by atoms with Crippen LogP contribution in [-0.4, -0.2) is 41.3 Å². The minimum absolute atomic E-state index is 0.0569. The number of rotatable bonds is 3. The first-order valence-corrected chi connectivity index (χ1v) is 10.3. The number of aromatic nitrogens is 1. The highest BCUT2D eigenvalue weighted by Gasteiger charge is 2.41. The average Bonchev–Trinajstić information content (AvgIpc) is 3.33. The SMILES string of the molecule is CN(C(=O)c1csc(-c2ccc(C(F)(F)F)cc2)n1)[C@H]1C[C@H]2CNC(=O)C[C@H]2C1. The summed E-state index contributed by atoms with van der Waals surface area (Å²) in [5, 5.41) is 5.03. The quantitative estimate of drug-likeness (QED) is 0.817. The van der Waals surface area contributed by atoms with E-state index in [0.29, 0.717) is 35.4 Å². The van der Waals surface area contributed by atoms with Crippen LogP contribution in [0.5, 0.6) is 0 Å². The standard InChI is InChI=1S/C20H20F3N3O2S/c1-26(15-6-12-8-17(27)24-9-13(12)7-15)19(28)16-10-29-18(25-16)11-2-4-14(5-3-11)20(21,22)23/h2-5,10,12-13,15H,6-9H2,1H3,(H,24,27)/t12-,13+,15-/m1/s1. The Morgan fingerprint density at radius 2 is 1.90 bits per heavy atom. The average molecular weight is 423 g/mol. The lowest BCUT2D eigenvalue weighted by Gasteiger charge is -2.24. The molecule has 1 N–H and O–H groups in total. The Bertz CT molecular complexity index is 926. The first kappa shape index (κ1) is 19.9. The van der Waals surface area contributed by atoms with E-state index in [0.717, 1.165) is 25.0 Å². The van der Waals surface area contributed by atoms with Gasteiger partial charge in [-0.2, -0.15) is 13.2 Å². The van der Waals surface area contributed by atoms with E-state index < -0.39 is 11.7 Å². The van der Waals surface area contributed by atoms with Gasteiger partial charge in [0.2, 0.25) is 5.91 Å². The van der Waals surface area contributed by atoms with Gasteiger partial charge in [-0.05, 0) is 36.8 Å². The Labute approximate surface area is 169 Å². The fraction of sp³-hybridized carbons (Fsp3) is 0.450. The number of carbonyl (C=O) groups is 2. The molecular weight excluding hydrogens is 403 g/mol. The summed E-state index contributed by atoms with van der Waals surface area (Å²) >= 11 is 1.23. The zero-order valence-electron chi connectivity index (χ0n) is 15.7. The Balaban J connectivity index is 1.45. The fourth-order valence-corrected chi connectivity index (χ4v) is 5.00. The van der Waals surface area contributed by atoms with E-state index in [1.54, 1.807) is 17.3 Å². The van der Waals surface area contributed by atoms with Crippen LogP contribution in [0.15, 0.2) is 29.6 Å². The monoisotopic (exact) mass is 423 g/mol. The Hall–Kier alpha value is -2.42. The summed E-state index contributed by atoms with van der Waals surface area (Å²) in [5.74, 6) is 0.567. The molecule has 1 saturated heterocycles. The number of nitrogens with zero attached hydrogens (tertiary/aromatic N) is 2. The lowest BCUT2D eigenvalue weighted by molar-refractivity contribution is -0.137. The molecule has 2 fully saturated rings. The third kappa shape index (κ3) is 4.01. The molecule has 2 aromatic rings. The van der Waals surface area contributed by atoms with Crippen molar-refractivity contribution in [2.75, 3.05) is 13.6 Å². The summed E-state index contributed by atoms with van der Waals surface area (Å²) in [6, 6.07) is 4.82. The van der Waals surface area contributed by atoms with Gasteiger partial charge < -0.3 is 10.2 Å². The number of carbonyl (C=O) groups excluding carboxylic acids is 2. The second-order valence-corrected chi connectivity index (χ2v) is 8.54. The first-order chi connectivity index (χ1) is 13.7. The molecule has 2 heterocycles. The van der Waals surface area contributed by atoms with Crippen LogP contribution in [0.2, 0.25) is 0 Å². The van der Waals surface area contributed by atoms with Crippen molar-refractivity contribution < 1.29 is 22.8 Å². The molecule has 0 unspecified atom stereocenters. The summed E-state index contributed by atoms with van der Waals surface area (Å²) in [4.78, 5) is 30.5. The van der Waals surface area contributed by atoms with Crippen LogP contribution in [0.25, 0.3) is 10.6 Å².